The van der Waals surface area contributed by atoms with Crippen molar-refractivity contribution in [3.05, 3.63) is 84.1 Å². The first-order valence-corrected chi connectivity index (χ1v) is 11.4. The molecule has 0 aliphatic rings. The molecule has 7 heteroatoms. The number of hydrogen-bond donors (Lipinski definition) is 1. The highest BCUT2D eigenvalue weighted by atomic mass is 16.6. The van der Waals surface area contributed by atoms with Crippen LogP contribution in [0.3, 0.4) is 0 Å². The fourth-order valence-electron chi connectivity index (χ4n) is 3.34. The third-order valence-electron chi connectivity index (χ3n) is 5.03. The average molecular weight is 463 g/mol. The van der Waals surface area contributed by atoms with Crippen LogP contribution in [0.2, 0.25) is 0 Å². The topological polar surface area (TPSA) is 86.8 Å². The summed E-state index contributed by atoms with van der Waals surface area (Å²) in [5.41, 5.74) is 3.35. The van der Waals surface area contributed by atoms with E-state index in [1.54, 1.807) is 25.3 Å². The fraction of sp³-hybridized carbons (Fsp3) is 0.296. The normalized spacial score (nSPS) is 11.5. The van der Waals surface area contributed by atoms with E-state index in [4.69, 9.17) is 14.2 Å². The first kappa shape index (κ1) is 24.9. The lowest BCUT2D eigenvalue weighted by Crippen LogP contribution is -2.29. The minimum atomic E-state index is -0.620. The van der Waals surface area contributed by atoms with Crippen molar-refractivity contribution in [1.29, 1.82) is 0 Å². The zero-order valence-corrected chi connectivity index (χ0v) is 19.5. The van der Waals surface area contributed by atoms with Crippen molar-refractivity contribution < 1.29 is 23.8 Å². The number of benzene rings is 2. The molecule has 0 fully saturated rings. The minimum absolute atomic E-state index is 0.160. The summed E-state index contributed by atoms with van der Waals surface area (Å²) in [7, 11) is 0. The number of nitrogens with one attached hydrogen (secondary N) is 1. The Kier molecular flexibility index (Phi) is 9.61. The predicted octanol–water partition coefficient (Wildman–Crippen LogP) is 4.07. The molecule has 0 saturated carbocycles. The monoisotopic (exact) mass is 462 g/mol. The first-order valence-electron chi connectivity index (χ1n) is 11.4. The van der Waals surface area contributed by atoms with E-state index in [2.05, 4.69) is 10.3 Å². The molecule has 1 N–H and O–H groups in total. The largest absolute Gasteiger partial charge is 0.492 e. The number of ether oxygens (including phenoxy) is 3. The van der Waals surface area contributed by atoms with Gasteiger partial charge in [-0.05, 0) is 55.8 Å². The molecular weight excluding hydrogens is 432 g/mol. The van der Waals surface area contributed by atoms with Gasteiger partial charge in [0.25, 0.3) is 5.91 Å². The molecule has 1 atom stereocenters. The second kappa shape index (κ2) is 13.1. The van der Waals surface area contributed by atoms with Crippen LogP contribution in [0.1, 0.15) is 29.8 Å². The Hall–Kier alpha value is -3.71. The van der Waals surface area contributed by atoms with Gasteiger partial charge in [-0.1, -0.05) is 30.3 Å². The standard InChI is InChI=1S/C27H30N2O5/c1-3-32-25(27(31)33-4-2)19-20-8-14-23(15-9-20)34-18-17-29-26(30)22-12-10-21(11-13-22)24-7-5-6-16-28-24/h5-16,25H,3-4,17-19H2,1-2H3,(H,29,30). The highest BCUT2D eigenvalue weighted by Crippen LogP contribution is 2.17. The number of hydrogen-bond acceptors (Lipinski definition) is 6. The molecule has 0 bridgehead atoms. The fourth-order valence-corrected chi connectivity index (χ4v) is 3.34. The van der Waals surface area contributed by atoms with Crippen LogP contribution in [0.15, 0.2) is 72.9 Å². The summed E-state index contributed by atoms with van der Waals surface area (Å²) in [6.45, 7) is 5.08. The molecule has 178 valence electrons. The van der Waals surface area contributed by atoms with Crippen LogP contribution in [0.25, 0.3) is 11.3 Å². The molecule has 1 heterocycles. The third kappa shape index (κ3) is 7.42. The van der Waals surface area contributed by atoms with E-state index in [-0.39, 0.29) is 11.9 Å². The lowest BCUT2D eigenvalue weighted by Gasteiger charge is -2.16. The quantitative estimate of drug-likeness (QED) is 0.323. The van der Waals surface area contributed by atoms with Crippen LogP contribution < -0.4 is 10.1 Å². The van der Waals surface area contributed by atoms with Crippen molar-refractivity contribution in [3.63, 3.8) is 0 Å². The highest BCUT2D eigenvalue weighted by molar-refractivity contribution is 5.94. The summed E-state index contributed by atoms with van der Waals surface area (Å²) >= 11 is 0. The molecule has 34 heavy (non-hydrogen) atoms. The van der Waals surface area contributed by atoms with E-state index in [0.717, 1.165) is 16.8 Å². The number of rotatable bonds is 12. The molecule has 3 rings (SSSR count). The van der Waals surface area contributed by atoms with Crippen LogP contribution in [0, 0.1) is 0 Å². The number of aromatic nitrogens is 1. The van der Waals surface area contributed by atoms with Crippen LogP contribution >= 0.6 is 0 Å². The summed E-state index contributed by atoms with van der Waals surface area (Å²) in [6.07, 6.45) is 1.55. The lowest BCUT2D eigenvalue weighted by molar-refractivity contribution is -0.156. The average Bonchev–Trinajstić information content (AvgIpc) is 2.88. The maximum atomic E-state index is 12.4. The number of carbonyl (C=O) groups excluding carboxylic acids is 2. The first-order chi connectivity index (χ1) is 16.6. The van der Waals surface area contributed by atoms with Crippen molar-refractivity contribution in [1.82, 2.24) is 10.3 Å². The van der Waals surface area contributed by atoms with Gasteiger partial charge in [0.2, 0.25) is 0 Å². The van der Waals surface area contributed by atoms with Gasteiger partial charge in [-0.25, -0.2) is 4.79 Å². The highest BCUT2D eigenvalue weighted by Gasteiger charge is 2.20. The molecular formula is C27H30N2O5. The molecule has 1 unspecified atom stereocenters. The van der Waals surface area contributed by atoms with Crippen LogP contribution in [-0.4, -0.2) is 49.3 Å². The molecule has 0 aliphatic carbocycles. The molecule has 0 saturated heterocycles. The van der Waals surface area contributed by atoms with Crippen molar-refractivity contribution in [2.45, 2.75) is 26.4 Å². The van der Waals surface area contributed by atoms with E-state index in [9.17, 15) is 9.59 Å². The van der Waals surface area contributed by atoms with Gasteiger partial charge in [-0.2, -0.15) is 0 Å². The van der Waals surface area contributed by atoms with Gasteiger partial charge in [0.15, 0.2) is 6.10 Å². The van der Waals surface area contributed by atoms with E-state index in [1.165, 1.54) is 0 Å². The smallest absolute Gasteiger partial charge is 0.335 e. The van der Waals surface area contributed by atoms with Crippen LogP contribution in [0.5, 0.6) is 5.75 Å². The van der Waals surface area contributed by atoms with Gasteiger partial charge in [0.1, 0.15) is 12.4 Å². The molecule has 1 aromatic heterocycles. The Morgan fingerprint density at radius 3 is 2.35 bits per heavy atom. The number of esters is 1. The summed E-state index contributed by atoms with van der Waals surface area (Å²) in [5.74, 6) is 0.168. The van der Waals surface area contributed by atoms with Crippen LogP contribution in [0.4, 0.5) is 0 Å². The maximum Gasteiger partial charge on any atom is 0.335 e. The number of nitrogens with zero attached hydrogens (tertiary/aromatic N) is 1. The predicted molar refractivity (Wildman–Crippen MR) is 130 cm³/mol. The Bertz CT molecular complexity index is 1040. The SMILES string of the molecule is CCOC(=O)C(Cc1ccc(OCCNC(=O)c2ccc(-c3ccccn3)cc2)cc1)OCC. The Morgan fingerprint density at radius 1 is 0.941 bits per heavy atom. The van der Waals surface area contributed by atoms with E-state index in [0.29, 0.717) is 44.1 Å². The molecule has 2 aromatic carbocycles. The summed E-state index contributed by atoms with van der Waals surface area (Å²) in [6, 6.07) is 20.5. The Morgan fingerprint density at radius 2 is 1.71 bits per heavy atom. The molecule has 1 amide bonds. The molecule has 3 aromatic rings. The van der Waals surface area contributed by atoms with Gasteiger partial charge in [0, 0.05) is 30.4 Å². The van der Waals surface area contributed by atoms with E-state index < -0.39 is 6.10 Å². The van der Waals surface area contributed by atoms with Gasteiger partial charge in [-0.15, -0.1) is 0 Å². The van der Waals surface area contributed by atoms with Gasteiger partial charge in [0.05, 0.1) is 18.8 Å². The second-order valence-corrected chi connectivity index (χ2v) is 7.44. The number of amides is 1. The number of pyridine rings is 1. The van der Waals surface area contributed by atoms with Crippen molar-refractivity contribution >= 4 is 11.9 Å². The Labute approximate surface area is 200 Å². The van der Waals surface area contributed by atoms with Crippen molar-refractivity contribution in [2.24, 2.45) is 0 Å². The molecule has 0 aliphatic heterocycles. The zero-order valence-electron chi connectivity index (χ0n) is 19.5. The van der Waals surface area contributed by atoms with Crippen molar-refractivity contribution in [3.8, 4) is 17.0 Å². The summed E-state index contributed by atoms with van der Waals surface area (Å²) < 4.78 is 16.3. The van der Waals surface area contributed by atoms with Crippen LogP contribution in [-0.2, 0) is 20.7 Å². The molecule has 7 nitrogen and oxygen atoms in total. The lowest BCUT2D eigenvalue weighted by atomic mass is 10.1. The van der Waals surface area contributed by atoms with Crippen molar-refractivity contribution in [2.75, 3.05) is 26.4 Å². The Balaban J connectivity index is 1.43. The summed E-state index contributed by atoms with van der Waals surface area (Å²) in [5, 5.41) is 2.86. The maximum absolute atomic E-state index is 12.4. The number of carbonyl (C=O) groups is 2. The van der Waals surface area contributed by atoms with E-state index >= 15 is 0 Å². The zero-order chi connectivity index (χ0) is 24.2. The minimum Gasteiger partial charge on any atom is -0.492 e. The third-order valence-corrected chi connectivity index (χ3v) is 5.03. The summed E-state index contributed by atoms with van der Waals surface area (Å²) in [4.78, 5) is 28.7. The van der Waals surface area contributed by atoms with Gasteiger partial charge < -0.3 is 19.5 Å². The van der Waals surface area contributed by atoms with Gasteiger partial charge in [-0.3, -0.25) is 9.78 Å². The molecule has 0 spiro atoms. The second-order valence-electron chi connectivity index (χ2n) is 7.44. The van der Waals surface area contributed by atoms with Gasteiger partial charge >= 0.3 is 5.97 Å². The van der Waals surface area contributed by atoms with E-state index in [1.807, 2.05) is 61.5 Å². The molecule has 0 radical (unpaired) electrons.